The Hall–Kier alpha value is -3.25. The third-order valence-electron chi connectivity index (χ3n) is 7.86. The predicted molar refractivity (Wildman–Crippen MR) is 139 cm³/mol. The molecule has 4 rings (SSSR count). The van der Waals surface area contributed by atoms with Gasteiger partial charge in [-0.05, 0) is 63.9 Å². The van der Waals surface area contributed by atoms with E-state index < -0.39 is 52.8 Å². The van der Waals surface area contributed by atoms with Crippen molar-refractivity contribution < 1.29 is 46.5 Å². The second-order valence-corrected chi connectivity index (χ2v) is 11.4. The Kier molecular flexibility index (Phi) is 8.93. The summed E-state index contributed by atoms with van der Waals surface area (Å²) in [6, 6.07) is 6.25. The third-order valence-corrected chi connectivity index (χ3v) is 7.86. The summed E-state index contributed by atoms with van der Waals surface area (Å²) in [4.78, 5) is 27.5. The summed E-state index contributed by atoms with van der Waals surface area (Å²) in [5.74, 6) is -3.77. The van der Waals surface area contributed by atoms with E-state index >= 15 is 4.39 Å². The van der Waals surface area contributed by atoms with E-state index in [0.29, 0.717) is 25.9 Å². The largest absolute Gasteiger partial charge is 0.493 e. The number of ether oxygens (including phenoxy) is 1. The van der Waals surface area contributed by atoms with Gasteiger partial charge in [-0.1, -0.05) is 12.1 Å². The molecule has 1 amide bonds. The zero-order valence-corrected chi connectivity index (χ0v) is 22.8. The monoisotopic (exact) mass is 584 g/mol. The number of rotatable bonds is 8. The number of nitrogens with zero attached hydrogens (tertiary/aromatic N) is 2. The number of β-amino-alcohol motifs (C(OH)–C–C–N with tert-alkyl or cyclic N) is 1. The average Bonchev–Trinajstić information content (AvgIpc) is 3.29. The predicted octanol–water partition coefficient (Wildman–Crippen LogP) is 4.97. The molecule has 0 aromatic heterocycles. The van der Waals surface area contributed by atoms with Crippen LogP contribution in [0.2, 0.25) is 0 Å². The van der Waals surface area contributed by atoms with E-state index in [0.717, 1.165) is 17.0 Å². The molecule has 0 radical (unpaired) electrons. The van der Waals surface area contributed by atoms with Gasteiger partial charge in [0.25, 0.3) is 5.91 Å². The highest BCUT2D eigenvalue weighted by molar-refractivity contribution is 6.03. The molecule has 2 atom stereocenters. The number of aliphatic hydroxyl groups excluding tert-OH is 1. The molecule has 0 unspecified atom stereocenters. The summed E-state index contributed by atoms with van der Waals surface area (Å²) in [5, 5.41) is 19.4. The molecule has 7 nitrogen and oxygen atoms in total. The fraction of sp³-hybridized carbons (Fsp3) is 0.517. The van der Waals surface area contributed by atoms with Crippen molar-refractivity contribution in [1.29, 1.82) is 0 Å². The first kappa shape index (κ1) is 30.7. The Morgan fingerprint density at radius 1 is 1.02 bits per heavy atom. The number of aliphatic hydroxyl groups is 1. The molecular weight excluding hydrogens is 551 g/mol. The molecule has 2 heterocycles. The molecule has 2 aliphatic heterocycles. The number of carbonyl (C=O) groups excluding carboxylic acids is 1. The van der Waals surface area contributed by atoms with E-state index in [1.165, 1.54) is 38.1 Å². The molecule has 0 aliphatic carbocycles. The lowest BCUT2D eigenvalue weighted by molar-refractivity contribution is -0.217. The molecule has 2 fully saturated rings. The number of alkyl halides is 3. The Balaban J connectivity index is 1.42. The van der Waals surface area contributed by atoms with Gasteiger partial charge in [0.1, 0.15) is 23.4 Å². The van der Waals surface area contributed by atoms with E-state index in [1.54, 1.807) is 4.90 Å². The zero-order chi connectivity index (χ0) is 30.1. The van der Waals surface area contributed by atoms with Crippen LogP contribution in [0.1, 0.15) is 43.5 Å². The summed E-state index contributed by atoms with van der Waals surface area (Å²) >= 11 is 0. The summed E-state index contributed by atoms with van der Waals surface area (Å²) in [5.41, 5.74) is -2.47. The number of carboxylic acids is 1. The van der Waals surface area contributed by atoms with Gasteiger partial charge in [-0.2, -0.15) is 13.2 Å². The SMILES string of the molecule is CC(C)(CN1CCC(COc2ccc(-c3cccc(F)c3C(=O)N3C[C@H](O)C[C@H]3C(=O)O)c(F)c2)CC1)C(F)(F)F. The van der Waals surface area contributed by atoms with Crippen LogP contribution in [0, 0.1) is 23.0 Å². The quantitative estimate of drug-likeness (QED) is 0.426. The lowest BCUT2D eigenvalue weighted by atomic mass is 9.89. The van der Waals surface area contributed by atoms with Crippen LogP contribution in [-0.4, -0.2) is 83.0 Å². The molecular formula is C29H33F5N2O5. The van der Waals surface area contributed by atoms with Crippen LogP contribution >= 0.6 is 0 Å². The summed E-state index contributed by atoms with van der Waals surface area (Å²) in [7, 11) is 0. The Morgan fingerprint density at radius 2 is 1.71 bits per heavy atom. The molecule has 2 aromatic rings. The Morgan fingerprint density at radius 3 is 2.32 bits per heavy atom. The van der Waals surface area contributed by atoms with Crippen molar-refractivity contribution >= 4 is 11.9 Å². The molecule has 224 valence electrons. The highest BCUT2D eigenvalue weighted by atomic mass is 19.4. The summed E-state index contributed by atoms with van der Waals surface area (Å²) in [6.07, 6.45) is -4.31. The number of halogens is 5. The molecule has 2 N–H and O–H groups in total. The minimum absolute atomic E-state index is 0.0706. The van der Waals surface area contributed by atoms with Gasteiger partial charge in [0.05, 0.1) is 23.7 Å². The van der Waals surface area contributed by atoms with Crippen molar-refractivity contribution in [2.45, 2.75) is 51.4 Å². The van der Waals surface area contributed by atoms with Crippen LogP contribution in [0.15, 0.2) is 36.4 Å². The second kappa shape index (κ2) is 11.9. The molecule has 0 saturated carbocycles. The van der Waals surface area contributed by atoms with Crippen LogP contribution < -0.4 is 4.74 Å². The molecule has 0 spiro atoms. The summed E-state index contributed by atoms with van der Waals surface area (Å²) in [6.45, 7) is 3.22. The number of piperidine rings is 1. The van der Waals surface area contributed by atoms with Crippen LogP contribution in [0.25, 0.3) is 11.1 Å². The number of carboxylic acid groups (broad SMARTS) is 1. The number of carbonyl (C=O) groups is 2. The Bertz CT molecular complexity index is 1280. The Labute approximate surface area is 234 Å². The fourth-order valence-electron chi connectivity index (χ4n) is 5.36. The maximum absolute atomic E-state index is 15.3. The van der Waals surface area contributed by atoms with Crippen LogP contribution in [-0.2, 0) is 4.79 Å². The zero-order valence-electron chi connectivity index (χ0n) is 22.8. The number of hydrogen-bond acceptors (Lipinski definition) is 5. The van der Waals surface area contributed by atoms with Gasteiger partial charge in [0.15, 0.2) is 0 Å². The van der Waals surface area contributed by atoms with Crippen LogP contribution in [0.5, 0.6) is 5.75 Å². The highest BCUT2D eigenvalue weighted by Crippen LogP contribution is 2.39. The summed E-state index contributed by atoms with van der Waals surface area (Å²) < 4.78 is 75.6. The van der Waals surface area contributed by atoms with Crippen molar-refractivity contribution in [2.75, 3.05) is 32.8 Å². The van der Waals surface area contributed by atoms with Crippen molar-refractivity contribution in [3.05, 3.63) is 53.6 Å². The van der Waals surface area contributed by atoms with Gasteiger partial charge in [-0.15, -0.1) is 0 Å². The number of amides is 1. The normalized spacial score (nSPS) is 20.8. The first-order chi connectivity index (χ1) is 19.2. The molecule has 2 saturated heterocycles. The van der Waals surface area contributed by atoms with Crippen molar-refractivity contribution in [2.24, 2.45) is 11.3 Å². The highest BCUT2D eigenvalue weighted by Gasteiger charge is 2.48. The van der Waals surface area contributed by atoms with E-state index in [1.807, 2.05) is 0 Å². The smallest absolute Gasteiger partial charge is 0.395 e. The minimum Gasteiger partial charge on any atom is -0.493 e. The maximum atomic E-state index is 15.3. The first-order valence-corrected chi connectivity index (χ1v) is 13.4. The number of aliphatic carboxylic acids is 1. The topological polar surface area (TPSA) is 90.3 Å². The van der Waals surface area contributed by atoms with E-state index in [9.17, 15) is 37.4 Å². The first-order valence-electron chi connectivity index (χ1n) is 13.4. The van der Waals surface area contributed by atoms with Crippen LogP contribution in [0.4, 0.5) is 22.0 Å². The number of hydrogen-bond donors (Lipinski definition) is 2. The van der Waals surface area contributed by atoms with Gasteiger partial charge in [-0.25, -0.2) is 13.6 Å². The van der Waals surface area contributed by atoms with Gasteiger partial charge in [-0.3, -0.25) is 4.79 Å². The second-order valence-electron chi connectivity index (χ2n) is 11.4. The van der Waals surface area contributed by atoms with Gasteiger partial charge in [0, 0.05) is 36.7 Å². The molecule has 2 aromatic carbocycles. The standard InChI is InChI=1S/C29H33F5N2O5/c1-28(2,29(32,33)34)16-35-10-8-17(9-11-35)15-41-19-6-7-20(23(31)13-19)21-4-3-5-22(30)25(21)26(38)36-14-18(37)12-24(36)27(39)40/h3-7,13,17-18,24,37H,8-12,14-16H2,1-2H3,(H,39,40)/t18-,24+/m1/s1. The van der Waals surface area contributed by atoms with Gasteiger partial charge in [0.2, 0.25) is 0 Å². The van der Waals surface area contributed by atoms with Gasteiger partial charge >= 0.3 is 12.1 Å². The number of benzene rings is 2. The average molecular weight is 585 g/mol. The maximum Gasteiger partial charge on any atom is 0.395 e. The van der Waals surface area contributed by atoms with E-state index in [-0.39, 0.29) is 48.9 Å². The third kappa shape index (κ3) is 6.81. The van der Waals surface area contributed by atoms with Crippen LogP contribution in [0.3, 0.4) is 0 Å². The van der Waals surface area contributed by atoms with Gasteiger partial charge < -0.3 is 24.7 Å². The van der Waals surface area contributed by atoms with E-state index in [2.05, 4.69) is 0 Å². The minimum atomic E-state index is -4.29. The fourth-order valence-corrected chi connectivity index (χ4v) is 5.36. The molecule has 0 bridgehead atoms. The molecule has 41 heavy (non-hydrogen) atoms. The molecule has 12 heteroatoms. The van der Waals surface area contributed by atoms with Crippen molar-refractivity contribution in [3.63, 3.8) is 0 Å². The lowest BCUT2D eigenvalue weighted by Crippen LogP contribution is -2.46. The number of likely N-dealkylation sites (tertiary alicyclic amines) is 2. The molecule has 2 aliphatic rings. The lowest BCUT2D eigenvalue weighted by Gasteiger charge is -2.38. The van der Waals surface area contributed by atoms with Crippen molar-refractivity contribution in [3.8, 4) is 16.9 Å². The van der Waals surface area contributed by atoms with Crippen molar-refractivity contribution in [1.82, 2.24) is 9.80 Å². The van der Waals surface area contributed by atoms with E-state index in [4.69, 9.17) is 4.74 Å².